The number of hydrogen-bond donors (Lipinski definition) is 1. The minimum absolute atomic E-state index is 0.195. The number of carbonyl (C=O) groups excluding carboxylic acids is 1. The van der Waals surface area contributed by atoms with Crippen molar-refractivity contribution in [1.82, 2.24) is 9.97 Å². The van der Waals surface area contributed by atoms with E-state index in [0.717, 1.165) is 12.4 Å². The van der Waals surface area contributed by atoms with E-state index in [4.69, 9.17) is 4.74 Å². The molecule has 1 rings (SSSR count). The summed E-state index contributed by atoms with van der Waals surface area (Å²) in [6.07, 6.45) is 2.13. The molecule has 1 aromatic rings. The lowest BCUT2D eigenvalue weighted by molar-refractivity contribution is -0.147. The maximum Gasteiger partial charge on any atom is 0.310 e. The molecule has 0 bridgehead atoms. The monoisotopic (exact) mass is 241 g/mol. The molecule has 94 valence electrons. The highest BCUT2D eigenvalue weighted by Crippen LogP contribution is 2.10. The molecule has 1 heterocycles. The van der Waals surface area contributed by atoms with Gasteiger partial charge in [-0.1, -0.05) is 0 Å². The van der Waals surface area contributed by atoms with E-state index >= 15 is 0 Å². The zero-order valence-corrected chi connectivity index (χ0v) is 10.1. The van der Waals surface area contributed by atoms with Crippen LogP contribution in [-0.4, -0.2) is 28.6 Å². The van der Waals surface area contributed by atoms with Crippen LogP contribution in [0.2, 0.25) is 0 Å². The van der Waals surface area contributed by atoms with Crippen molar-refractivity contribution in [3.8, 4) is 0 Å². The molecule has 2 atom stereocenters. The average molecular weight is 241 g/mol. The summed E-state index contributed by atoms with van der Waals surface area (Å²) in [4.78, 5) is 19.0. The molecule has 0 aliphatic heterocycles. The molecule has 0 fully saturated rings. The van der Waals surface area contributed by atoms with Gasteiger partial charge in [0.15, 0.2) is 5.82 Å². The lowest BCUT2D eigenvalue weighted by Gasteiger charge is -2.19. The fourth-order valence-corrected chi connectivity index (χ4v) is 1.19. The average Bonchev–Trinajstić information content (AvgIpc) is 2.31. The van der Waals surface area contributed by atoms with E-state index < -0.39 is 5.82 Å². The Morgan fingerprint density at radius 2 is 2.06 bits per heavy atom. The third-order valence-corrected chi connectivity index (χ3v) is 2.39. The quantitative estimate of drug-likeness (QED) is 0.793. The van der Waals surface area contributed by atoms with Gasteiger partial charge in [0.25, 0.3) is 0 Å². The standard InChI is InChI=1S/C11H16FN3O2/c1-4-17-10(16)7(2)8(3)15-11-13-5-9(12)6-14-11/h5-8H,4H2,1-3H3,(H,13,14,15)/t7-,8-/m0/s1. The minimum atomic E-state index is -0.498. The molecule has 6 heteroatoms. The molecule has 0 aliphatic rings. The molecule has 0 radical (unpaired) electrons. The van der Waals surface area contributed by atoms with Crippen LogP contribution in [0.25, 0.3) is 0 Å². The zero-order valence-electron chi connectivity index (χ0n) is 10.1. The highest BCUT2D eigenvalue weighted by atomic mass is 19.1. The summed E-state index contributed by atoms with van der Waals surface area (Å²) < 4.78 is 17.5. The second-order valence-corrected chi connectivity index (χ2v) is 3.70. The first-order chi connectivity index (χ1) is 8.04. The highest BCUT2D eigenvalue weighted by Gasteiger charge is 2.21. The van der Waals surface area contributed by atoms with Gasteiger partial charge < -0.3 is 10.1 Å². The SMILES string of the molecule is CCOC(=O)[C@@H](C)[C@H](C)Nc1ncc(F)cn1. The number of nitrogens with one attached hydrogen (secondary N) is 1. The van der Waals surface area contributed by atoms with Gasteiger partial charge in [-0.05, 0) is 20.8 Å². The summed E-state index contributed by atoms with van der Waals surface area (Å²) in [6, 6.07) is -0.195. The van der Waals surface area contributed by atoms with E-state index in [9.17, 15) is 9.18 Å². The molecule has 0 saturated carbocycles. The normalized spacial score (nSPS) is 13.9. The highest BCUT2D eigenvalue weighted by molar-refractivity contribution is 5.73. The van der Waals surface area contributed by atoms with E-state index in [2.05, 4.69) is 15.3 Å². The number of nitrogens with zero attached hydrogens (tertiary/aromatic N) is 2. The van der Waals surface area contributed by atoms with Crippen LogP contribution in [0.3, 0.4) is 0 Å². The van der Waals surface area contributed by atoms with Crippen LogP contribution in [-0.2, 0) is 9.53 Å². The molecule has 5 nitrogen and oxygen atoms in total. The Kier molecular flexibility index (Phi) is 4.81. The van der Waals surface area contributed by atoms with Crippen LogP contribution in [0.1, 0.15) is 20.8 Å². The van der Waals surface area contributed by atoms with Crippen LogP contribution >= 0.6 is 0 Å². The molecular formula is C11H16FN3O2. The summed E-state index contributed by atoms with van der Waals surface area (Å²) in [6.45, 7) is 5.67. The molecule has 0 saturated heterocycles. The first-order valence-electron chi connectivity index (χ1n) is 5.45. The van der Waals surface area contributed by atoms with Crippen LogP contribution in [0.5, 0.6) is 0 Å². The molecule has 17 heavy (non-hydrogen) atoms. The van der Waals surface area contributed by atoms with Crippen molar-refractivity contribution in [2.24, 2.45) is 5.92 Å². The van der Waals surface area contributed by atoms with E-state index in [1.165, 1.54) is 0 Å². The third-order valence-electron chi connectivity index (χ3n) is 2.39. The summed E-state index contributed by atoms with van der Waals surface area (Å²) in [5.41, 5.74) is 0. The Hall–Kier alpha value is -1.72. The lowest BCUT2D eigenvalue weighted by Crippen LogP contribution is -2.31. The van der Waals surface area contributed by atoms with Crippen LogP contribution in [0.4, 0.5) is 10.3 Å². The van der Waals surface area contributed by atoms with Crippen LogP contribution in [0.15, 0.2) is 12.4 Å². The molecular weight excluding hydrogens is 225 g/mol. The van der Waals surface area contributed by atoms with Gasteiger partial charge in [-0.3, -0.25) is 4.79 Å². The number of ether oxygens (including phenoxy) is 1. The van der Waals surface area contributed by atoms with Gasteiger partial charge in [0.05, 0.1) is 24.9 Å². The predicted molar refractivity (Wildman–Crippen MR) is 60.9 cm³/mol. The van der Waals surface area contributed by atoms with Crippen molar-refractivity contribution >= 4 is 11.9 Å². The zero-order chi connectivity index (χ0) is 12.8. The van der Waals surface area contributed by atoms with Crippen molar-refractivity contribution in [1.29, 1.82) is 0 Å². The van der Waals surface area contributed by atoms with Gasteiger partial charge in [0.2, 0.25) is 5.95 Å². The van der Waals surface area contributed by atoms with Crippen LogP contribution in [0, 0.1) is 11.7 Å². The molecule has 0 spiro atoms. The van der Waals surface area contributed by atoms with E-state index in [1.807, 2.05) is 6.92 Å². The van der Waals surface area contributed by atoms with Gasteiger partial charge in [0, 0.05) is 6.04 Å². The molecule has 0 amide bonds. The van der Waals surface area contributed by atoms with E-state index in [-0.39, 0.29) is 23.9 Å². The number of anilines is 1. The summed E-state index contributed by atoms with van der Waals surface area (Å²) in [7, 11) is 0. The summed E-state index contributed by atoms with van der Waals surface area (Å²) >= 11 is 0. The number of esters is 1. The fourth-order valence-electron chi connectivity index (χ4n) is 1.19. The largest absolute Gasteiger partial charge is 0.466 e. The Bertz CT molecular complexity index is 369. The maximum absolute atomic E-state index is 12.6. The third kappa shape index (κ3) is 3.97. The first-order valence-corrected chi connectivity index (χ1v) is 5.45. The summed E-state index contributed by atoms with van der Waals surface area (Å²) in [5, 5.41) is 2.92. The van der Waals surface area contributed by atoms with Crippen molar-refractivity contribution in [3.05, 3.63) is 18.2 Å². The molecule has 0 aliphatic carbocycles. The fraction of sp³-hybridized carbons (Fsp3) is 0.545. The summed E-state index contributed by atoms with van der Waals surface area (Å²) in [5.74, 6) is -0.824. The first kappa shape index (κ1) is 13.3. The van der Waals surface area contributed by atoms with E-state index in [0.29, 0.717) is 6.61 Å². The predicted octanol–water partition coefficient (Wildman–Crippen LogP) is 1.62. The molecule has 1 N–H and O–H groups in total. The van der Waals surface area contributed by atoms with Crippen molar-refractivity contribution in [3.63, 3.8) is 0 Å². The molecule has 0 aromatic carbocycles. The van der Waals surface area contributed by atoms with Crippen LogP contribution < -0.4 is 5.32 Å². The topological polar surface area (TPSA) is 64.1 Å². The van der Waals surface area contributed by atoms with Gasteiger partial charge in [-0.2, -0.15) is 0 Å². The Morgan fingerprint density at radius 1 is 1.47 bits per heavy atom. The van der Waals surface area contributed by atoms with Gasteiger partial charge in [-0.25, -0.2) is 14.4 Å². The minimum Gasteiger partial charge on any atom is -0.466 e. The second-order valence-electron chi connectivity index (χ2n) is 3.70. The molecule has 0 unspecified atom stereocenters. The number of carbonyl (C=O) groups is 1. The number of aromatic nitrogens is 2. The Morgan fingerprint density at radius 3 is 2.59 bits per heavy atom. The van der Waals surface area contributed by atoms with E-state index in [1.54, 1.807) is 13.8 Å². The lowest BCUT2D eigenvalue weighted by atomic mass is 10.0. The van der Waals surface area contributed by atoms with Gasteiger partial charge in [0.1, 0.15) is 0 Å². The van der Waals surface area contributed by atoms with Gasteiger partial charge >= 0.3 is 5.97 Å². The number of halogens is 1. The Labute approximate surface area is 99.4 Å². The number of hydrogen-bond acceptors (Lipinski definition) is 5. The van der Waals surface area contributed by atoms with Gasteiger partial charge in [-0.15, -0.1) is 0 Å². The Balaban J connectivity index is 2.56. The van der Waals surface area contributed by atoms with Crippen molar-refractivity contribution in [2.45, 2.75) is 26.8 Å². The second kappa shape index (κ2) is 6.12. The number of rotatable bonds is 5. The smallest absolute Gasteiger partial charge is 0.310 e. The van der Waals surface area contributed by atoms with Crippen molar-refractivity contribution in [2.75, 3.05) is 11.9 Å². The molecule has 1 aromatic heterocycles. The van der Waals surface area contributed by atoms with Crippen molar-refractivity contribution < 1.29 is 13.9 Å². The maximum atomic E-state index is 12.6.